The molecule has 0 spiro atoms. The van der Waals surface area contributed by atoms with Crippen molar-refractivity contribution < 1.29 is 19.8 Å². The number of aliphatic hydroxyl groups is 1. The van der Waals surface area contributed by atoms with Crippen LogP contribution in [-0.2, 0) is 9.59 Å². The SMILES string of the molecule is O=C(O)[C@@H]1C2C=CC(C2)[C@@H]1C(=O)NCC1CCCCC1O. The number of nitrogens with one attached hydrogen (secondary N) is 1. The second kappa shape index (κ2) is 5.79. The van der Waals surface area contributed by atoms with Gasteiger partial charge in [-0.1, -0.05) is 25.0 Å². The number of hydrogen-bond acceptors (Lipinski definition) is 3. The molecule has 2 fully saturated rings. The molecule has 21 heavy (non-hydrogen) atoms. The predicted octanol–water partition coefficient (Wildman–Crippen LogP) is 1.18. The molecule has 0 aromatic heterocycles. The van der Waals surface area contributed by atoms with Gasteiger partial charge in [-0.3, -0.25) is 9.59 Å². The Morgan fingerprint density at radius 3 is 2.43 bits per heavy atom. The summed E-state index contributed by atoms with van der Waals surface area (Å²) in [6.07, 6.45) is 8.24. The normalized spacial score (nSPS) is 41.2. The topological polar surface area (TPSA) is 86.6 Å². The van der Waals surface area contributed by atoms with E-state index < -0.39 is 17.8 Å². The number of amides is 1. The summed E-state index contributed by atoms with van der Waals surface area (Å²) in [6, 6.07) is 0. The first-order valence-electron chi connectivity index (χ1n) is 7.95. The molecule has 3 aliphatic carbocycles. The molecule has 6 atom stereocenters. The van der Waals surface area contributed by atoms with Crippen LogP contribution in [0.15, 0.2) is 12.2 Å². The molecule has 0 aromatic carbocycles. The number of rotatable bonds is 4. The van der Waals surface area contributed by atoms with Crippen molar-refractivity contribution >= 4 is 11.9 Å². The highest BCUT2D eigenvalue weighted by Crippen LogP contribution is 2.48. The highest BCUT2D eigenvalue weighted by Gasteiger charge is 2.51. The largest absolute Gasteiger partial charge is 0.481 e. The third-order valence-electron chi connectivity index (χ3n) is 5.45. The Morgan fingerprint density at radius 1 is 1.10 bits per heavy atom. The summed E-state index contributed by atoms with van der Waals surface area (Å²) in [7, 11) is 0. The van der Waals surface area contributed by atoms with Gasteiger partial charge in [0.2, 0.25) is 5.91 Å². The predicted molar refractivity (Wildman–Crippen MR) is 76.3 cm³/mol. The van der Waals surface area contributed by atoms with Gasteiger partial charge in [-0.2, -0.15) is 0 Å². The number of carboxylic acids is 1. The monoisotopic (exact) mass is 293 g/mol. The van der Waals surface area contributed by atoms with Crippen LogP contribution in [0.5, 0.6) is 0 Å². The van der Waals surface area contributed by atoms with Gasteiger partial charge < -0.3 is 15.5 Å². The first-order chi connectivity index (χ1) is 10.1. The van der Waals surface area contributed by atoms with Gasteiger partial charge in [0.25, 0.3) is 0 Å². The Hall–Kier alpha value is -1.36. The minimum atomic E-state index is -0.871. The summed E-state index contributed by atoms with van der Waals surface area (Å²) >= 11 is 0. The van der Waals surface area contributed by atoms with Crippen LogP contribution in [-0.4, -0.2) is 34.7 Å². The maximum Gasteiger partial charge on any atom is 0.307 e. The standard InChI is InChI=1S/C16H23NO4/c18-12-4-2-1-3-11(12)8-17-15(19)13-9-5-6-10(7-9)14(13)16(20)21/h5-6,9-14,18H,1-4,7-8H2,(H,17,19)(H,20,21)/t9?,10?,11?,12?,13-,14+/m0/s1. The molecule has 5 heteroatoms. The smallest absolute Gasteiger partial charge is 0.307 e. The van der Waals surface area contributed by atoms with Crippen LogP contribution in [0.3, 0.4) is 0 Å². The number of aliphatic hydroxyl groups excluding tert-OH is 1. The zero-order valence-corrected chi connectivity index (χ0v) is 12.1. The molecule has 0 heterocycles. The maximum atomic E-state index is 12.4. The Kier molecular flexibility index (Phi) is 4.02. The fourth-order valence-corrected chi connectivity index (χ4v) is 4.29. The number of carboxylic acid groups (broad SMARTS) is 1. The number of carbonyl (C=O) groups is 2. The van der Waals surface area contributed by atoms with E-state index >= 15 is 0 Å². The lowest BCUT2D eigenvalue weighted by atomic mass is 9.82. The van der Waals surface area contributed by atoms with Gasteiger partial charge in [0.15, 0.2) is 0 Å². The van der Waals surface area contributed by atoms with Crippen LogP contribution in [0.2, 0.25) is 0 Å². The highest BCUT2D eigenvalue weighted by atomic mass is 16.4. The van der Waals surface area contributed by atoms with Crippen LogP contribution in [0.25, 0.3) is 0 Å². The molecule has 5 nitrogen and oxygen atoms in total. The number of carbonyl (C=O) groups excluding carboxylic acids is 1. The van der Waals surface area contributed by atoms with E-state index in [2.05, 4.69) is 5.32 Å². The third kappa shape index (κ3) is 2.71. The average Bonchev–Trinajstić information content (AvgIpc) is 3.06. The van der Waals surface area contributed by atoms with Crippen molar-refractivity contribution in [3.63, 3.8) is 0 Å². The van der Waals surface area contributed by atoms with E-state index in [1.807, 2.05) is 12.2 Å². The summed E-state index contributed by atoms with van der Waals surface area (Å²) in [5.74, 6) is -1.88. The molecule has 0 radical (unpaired) electrons. The minimum absolute atomic E-state index is 0.00326. The molecule has 3 rings (SSSR count). The van der Waals surface area contributed by atoms with Crippen LogP contribution < -0.4 is 5.32 Å². The van der Waals surface area contributed by atoms with E-state index in [1.54, 1.807) is 0 Å². The lowest BCUT2D eigenvalue weighted by Crippen LogP contribution is -2.43. The maximum absolute atomic E-state index is 12.4. The fraction of sp³-hybridized carbons (Fsp3) is 0.750. The quantitative estimate of drug-likeness (QED) is 0.679. The molecule has 2 saturated carbocycles. The van der Waals surface area contributed by atoms with E-state index in [0.29, 0.717) is 6.54 Å². The van der Waals surface area contributed by atoms with Crippen molar-refractivity contribution in [1.82, 2.24) is 5.32 Å². The number of aliphatic carboxylic acids is 1. The van der Waals surface area contributed by atoms with Crippen LogP contribution in [0, 0.1) is 29.6 Å². The van der Waals surface area contributed by atoms with E-state index in [0.717, 1.165) is 32.1 Å². The molecule has 2 bridgehead atoms. The first-order valence-corrected chi connectivity index (χ1v) is 7.95. The molecule has 0 aliphatic heterocycles. The minimum Gasteiger partial charge on any atom is -0.481 e. The Labute approximate surface area is 124 Å². The molecule has 0 saturated heterocycles. The van der Waals surface area contributed by atoms with Gasteiger partial charge in [-0.15, -0.1) is 0 Å². The summed E-state index contributed by atoms with van der Waals surface area (Å²) in [5.41, 5.74) is 0. The molecule has 116 valence electrons. The van der Waals surface area contributed by atoms with Crippen molar-refractivity contribution in [3.8, 4) is 0 Å². The van der Waals surface area contributed by atoms with Gasteiger partial charge in [-0.25, -0.2) is 0 Å². The summed E-state index contributed by atoms with van der Waals surface area (Å²) in [4.78, 5) is 23.8. The number of fused-ring (bicyclic) bond motifs is 2. The zero-order valence-electron chi connectivity index (χ0n) is 12.1. The Bertz CT molecular complexity index is 461. The Morgan fingerprint density at radius 2 is 1.76 bits per heavy atom. The lowest BCUT2D eigenvalue weighted by Gasteiger charge is -2.29. The van der Waals surface area contributed by atoms with Crippen molar-refractivity contribution in [1.29, 1.82) is 0 Å². The van der Waals surface area contributed by atoms with E-state index in [9.17, 15) is 19.8 Å². The average molecular weight is 293 g/mol. The van der Waals surface area contributed by atoms with Crippen LogP contribution in [0.1, 0.15) is 32.1 Å². The zero-order chi connectivity index (χ0) is 15.0. The second-order valence-corrected chi connectivity index (χ2v) is 6.70. The highest BCUT2D eigenvalue weighted by molar-refractivity contribution is 5.86. The van der Waals surface area contributed by atoms with Gasteiger partial charge >= 0.3 is 5.97 Å². The van der Waals surface area contributed by atoms with Gasteiger partial charge in [-0.05, 0) is 31.1 Å². The molecule has 3 N–H and O–H groups in total. The summed E-state index contributed by atoms with van der Waals surface area (Å²) < 4.78 is 0. The van der Waals surface area contributed by atoms with Gasteiger partial charge in [0.05, 0.1) is 17.9 Å². The molecule has 1 amide bonds. The van der Waals surface area contributed by atoms with E-state index in [4.69, 9.17) is 0 Å². The lowest BCUT2D eigenvalue weighted by molar-refractivity contribution is -0.147. The molecule has 3 aliphatic rings. The van der Waals surface area contributed by atoms with Crippen LogP contribution >= 0.6 is 0 Å². The van der Waals surface area contributed by atoms with Crippen molar-refractivity contribution in [3.05, 3.63) is 12.2 Å². The third-order valence-corrected chi connectivity index (χ3v) is 5.45. The summed E-state index contributed by atoms with van der Waals surface area (Å²) in [5, 5.41) is 22.2. The first kappa shape index (κ1) is 14.6. The van der Waals surface area contributed by atoms with Gasteiger partial charge in [0, 0.05) is 12.5 Å². The Balaban J connectivity index is 1.60. The van der Waals surface area contributed by atoms with Crippen LogP contribution in [0.4, 0.5) is 0 Å². The molecular weight excluding hydrogens is 270 g/mol. The molecule has 0 aromatic rings. The number of hydrogen-bond donors (Lipinski definition) is 3. The molecular formula is C16H23NO4. The second-order valence-electron chi connectivity index (χ2n) is 6.70. The van der Waals surface area contributed by atoms with Crippen molar-refractivity contribution in [2.45, 2.75) is 38.2 Å². The van der Waals surface area contributed by atoms with E-state index in [1.165, 1.54) is 0 Å². The number of allylic oxidation sites excluding steroid dienone is 2. The fourth-order valence-electron chi connectivity index (χ4n) is 4.29. The van der Waals surface area contributed by atoms with E-state index in [-0.39, 0.29) is 29.8 Å². The van der Waals surface area contributed by atoms with Gasteiger partial charge in [0.1, 0.15) is 0 Å². The van der Waals surface area contributed by atoms with Crippen molar-refractivity contribution in [2.24, 2.45) is 29.6 Å². The van der Waals surface area contributed by atoms with Crippen molar-refractivity contribution in [2.75, 3.05) is 6.54 Å². The summed E-state index contributed by atoms with van der Waals surface area (Å²) in [6.45, 7) is 0.462. The molecule has 4 unspecified atom stereocenters.